The van der Waals surface area contributed by atoms with Crippen LogP contribution in [0.2, 0.25) is 0 Å². The molecule has 0 amide bonds. The second kappa shape index (κ2) is 21.2. The first kappa shape index (κ1) is 32.1. The lowest BCUT2D eigenvalue weighted by Crippen LogP contribution is -2.39. The van der Waals surface area contributed by atoms with Gasteiger partial charge in [0.05, 0.1) is 13.2 Å². The third-order valence-electron chi connectivity index (χ3n) is 5.82. The Morgan fingerprint density at radius 2 is 1.19 bits per heavy atom. The van der Waals surface area contributed by atoms with Gasteiger partial charge >= 0.3 is 5.97 Å². The summed E-state index contributed by atoms with van der Waals surface area (Å²) in [6, 6.07) is 7.77. The molecule has 0 bridgehead atoms. The lowest BCUT2D eigenvalue weighted by Gasteiger charge is -2.32. The fourth-order valence-corrected chi connectivity index (χ4v) is 4.08. The summed E-state index contributed by atoms with van der Waals surface area (Å²) in [6.45, 7) is 10.6. The number of carbonyl (C=O) groups excluding carboxylic acids is 1. The van der Waals surface area contributed by atoms with Crippen LogP contribution in [-0.2, 0) is 23.7 Å². The first-order valence-corrected chi connectivity index (χ1v) is 14.1. The zero-order chi connectivity index (χ0) is 26.3. The Balaban J connectivity index is 2.02. The molecule has 0 aliphatic heterocycles. The number of carbonyl (C=O) groups is 1. The molecule has 0 aliphatic rings. The van der Waals surface area contributed by atoms with Gasteiger partial charge in [0.15, 0.2) is 0 Å². The number of benzene rings is 1. The second-order valence-electron chi connectivity index (χ2n) is 8.77. The van der Waals surface area contributed by atoms with E-state index in [1.807, 2.05) is 45.0 Å². The van der Waals surface area contributed by atoms with Crippen LogP contribution in [0.5, 0.6) is 5.75 Å². The van der Waals surface area contributed by atoms with E-state index in [1.54, 1.807) is 13.0 Å². The normalized spacial score (nSPS) is 11.8. The standard InChI is InChI=1S/C30H50O6/c1-5-32-29(31)24-21-27-19-22-28(23-20-27)33-26-18-16-14-12-10-9-11-13-15-17-25-30(34-6-2,35-7-3)36-8-4/h19-24H,5-18,25-26H2,1-4H3. The fourth-order valence-electron chi connectivity index (χ4n) is 4.08. The average molecular weight is 507 g/mol. The van der Waals surface area contributed by atoms with Gasteiger partial charge in [0.2, 0.25) is 0 Å². The monoisotopic (exact) mass is 506 g/mol. The van der Waals surface area contributed by atoms with E-state index in [4.69, 9.17) is 23.7 Å². The van der Waals surface area contributed by atoms with E-state index < -0.39 is 5.97 Å². The molecule has 0 saturated heterocycles. The number of hydrogen-bond donors (Lipinski definition) is 0. The maximum atomic E-state index is 11.4. The molecule has 1 rings (SSSR count). The van der Waals surface area contributed by atoms with Crippen molar-refractivity contribution in [2.45, 2.75) is 104 Å². The predicted molar refractivity (Wildman–Crippen MR) is 146 cm³/mol. The number of unbranched alkanes of at least 4 members (excludes halogenated alkanes) is 9. The smallest absolute Gasteiger partial charge is 0.330 e. The zero-order valence-corrected chi connectivity index (χ0v) is 23.2. The molecule has 1 aromatic carbocycles. The van der Waals surface area contributed by atoms with Gasteiger partial charge in [0, 0.05) is 32.3 Å². The van der Waals surface area contributed by atoms with Gasteiger partial charge in [-0.3, -0.25) is 0 Å². The van der Waals surface area contributed by atoms with E-state index in [9.17, 15) is 4.79 Å². The van der Waals surface area contributed by atoms with Crippen molar-refractivity contribution in [1.82, 2.24) is 0 Å². The summed E-state index contributed by atoms with van der Waals surface area (Å²) in [5.41, 5.74) is 0.949. The number of hydrogen-bond acceptors (Lipinski definition) is 6. The van der Waals surface area contributed by atoms with Gasteiger partial charge in [-0.1, -0.05) is 63.5 Å². The van der Waals surface area contributed by atoms with Gasteiger partial charge < -0.3 is 23.7 Å². The number of esters is 1. The highest BCUT2D eigenvalue weighted by Gasteiger charge is 2.31. The Kier molecular flexibility index (Phi) is 18.9. The molecule has 0 fully saturated rings. The van der Waals surface area contributed by atoms with Crippen molar-refractivity contribution >= 4 is 12.0 Å². The van der Waals surface area contributed by atoms with Crippen LogP contribution in [0.1, 0.15) is 104 Å². The Bertz CT molecular complexity index is 668. The SMILES string of the molecule is CCOC(=O)C=Cc1ccc(OCCCCCCCCCCCCC(OCC)(OCC)OCC)cc1. The highest BCUT2D eigenvalue weighted by atomic mass is 16.9. The second-order valence-corrected chi connectivity index (χ2v) is 8.77. The summed E-state index contributed by atoms with van der Waals surface area (Å²) in [5.74, 6) is -0.309. The molecule has 0 heterocycles. The molecule has 6 heteroatoms. The maximum Gasteiger partial charge on any atom is 0.330 e. The Morgan fingerprint density at radius 1 is 0.694 bits per heavy atom. The largest absolute Gasteiger partial charge is 0.494 e. The van der Waals surface area contributed by atoms with Crippen LogP contribution in [0, 0.1) is 0 Å². The minimum atomic E-state index is -0.853. The Hall–Kier alpha value is -1.89. The lowest BCUT2D eigenvalue weighted by molar-refractivity contribution is -0.380. The highest BCUT2D eigenvalue weighted by molar-refractivity contribution is 5.87. The van der Waals surface area contributed by atoms with Gasteiger partial charge in [-0.2, -0.15) is 0 Å². The van der Waals surface area contributed by atoms with E-state index in [-0.39, 0.29) is 5.97 Å². The summed E-state index contributed by atoms with van der Waals surface area (Å²) in [4.78, 5) is 11.4. The summed E-state index contributed by atoms with van der Waals surface area (Å²) in [6.07, 6.45) is 16.2. The highest BCUT2D eigenvalue weighted by Crippen LogP contribution is 2.24. The zero-order valence-electron chi connectivity index (χ0n) is 23.2. The molecule has 1 aromatic rings. The summed E-state index contributed by atoms with van der Waals surface area (Å²) >= 11 is 0. The van der Waals surface area contributed by atoms with Crippen molar-refractivity contribution in [3.8, 4) is 5.75 Å². The molecular weight excluding hydrogens is 456 g/mol. The molecule has 206 valence electrons. The molecule has 36 heavy (non-hydrogen) atoms. The third-order valence-corrected chi connectivity index (χ3v) is 5.82. The lowest BCUT2D eigenvalue weighted by atomic mass is 10.1. The molecule has 6 nitrogen and oxygen atoms in total. The number of ether oxygens (including phenoxy) is 5. The molecule has 0 N–H and O–H groups in total. The van der Waals surface area contributed by atoms with Crippen LogP contribution in [0.15, 0.2) is 30.3 Å². The van der Waals surface area contributed by atoms with Gasteiger partial charge in [0.1, 0.15) is 5.75 Å². The van der Waals surface area contributed by atoms with E-state index in [0.717, 1.165) is 37.2 Å². The van der Waals surface area contributed by atoms with Gasteiger partial charge in [0.25, 0.3) is 5.97 Å². The van der Waals surface area contributed by atoms with Gasteiger partial charge in [-0.25, -0.2) is 4.79 Å². The van der Waals surface area contributed by atoms with Gasteiger partial charge in [-0.15, -0.1) is 0 Å². The average Bonchev–Trinajstić information content (AvgIpc) is 2.87. The third kappa shape index (κ3) is 15.3. The molecule has 0 saturated carbocycles. The van der Waals surface area contributed by atoms with Crippen molar-refractivity contribution in [3.05, 3.63) is 35.9 Å². The minimum absolute atomic E-state index is 0.321. The Labute approximate surface area is 219 Å². The number of rotatable bonds is 23. The molecule has 0 atom stereocenters. The van der Waals surface area contributed by atoms with Gasteiger partial charge in [-0.05, 0) is 64.3 Å². The van der Waals surface area contributed by atoms with Crippen LogP contribution in [0.4, 0.5) is 0 Å². The van der Waals surface area contributed by atoms with Crippen LogP contribution >= 0.6 is 0 Å². The van der Waals surface area contributed by atoms with E-state index in [1.165, 1.54) is 57.4 Å². The quantitative estimate of drug-likeness (QED) is 0.0656. The summed E-state index contributed by atoms with van der Waals surface area (Å²) in [7, 11) is 0. The molecule has 0 spiro atoms. The fraction of sp³-hybridized carbons (Fsp3) is 0.700. The first-order chi connectivity index (χ1) is 17.6. The van der Waals surface area contributed by atoms with Crippen LogP contribution < -0.4 is 4.74 Å². The topological polar surface area (TPSA) is 63.2 Å². The van der Waals surface area contributed by atoms with Crippen molar-refractivity contribution in [2.24, 2.45) is 0 Å². The van der Waals surface area contributed by atoms with Crippen LogP contribution in [0.3, 0.4) is 0 Å². The molecular formula is C30H50O6. The minimum Gasteiger partial charge on any atom is -0.494 e. The van der Waals surface area contributed by atoms with Crippen molar-refractivity contribution < 1.29 is 28.5 Å². The molecule has 0 aliphatic carbocycles. The van der Waals surface area contributed by atoms with Crippen molar-refractivity contribution in [3.63, 3.8) is 0 Å². The summed E-state index contributed by atoms with van der Waals surface area (Å²) in [5, 5.41) is 0. The molecule has 0 radical (unpaired) electrons. The maximum absolute atomic E-state index is 11.4. The van der Waals surface area contributed by atoms with E-state index in [0.29, 0.717) is 26.4 Å². The van der Waals surface area contributed by atoms with Crippen LogP contribution in [0.25, 0.3) is 6.08 Å². The van der Waals surface area contributed by atoms with E-state index in [2.05, 4.69) is 0 Å². The van der Waals surface area contributed by atoms with Crippen molar-refractivity contribution in [2.75, 3.05) is 33.0 Å². The van der Waals surface area contributed by atoms with E-state index >= 15 is 0 Å². The Morgan fingerprint density at radius 3 is 1.69 bits per heavy atom. The van der Waals surface area contributed by atoms with Crippen molar-refractivity contribution in [1.29, 1.82) is 0 Å². The molecule has 0 aromatic heterocycles. The predicted octanol–water partition coefficient (Wildman–Crippen LogP) is 7.70. The molecule has 0 unspecified atom stereocenters. The summed E-state index contributed by atoms with van der Waals surface area (Å²) < 4.78 is 28.1. The van der Waals surface area contributed by atoms with Crippen LogP contribution in [-0.4, -0.2) is 45.0 Å². The first-order valence-electron chi connectivity index (χ1n) is 14.1.